The van der Waals surface area contributed by atoms with E-state index in [0.717, 1.165) is 15.8 Å². The van der Waals surface area contributed by atoms with E-state index in [0.29, 0.717) is 12.2 Å². The lowest BCUT2D eigenvalue weighted by molar-refractivity contribution is 0.0893. The Bertz CT molecular complexity index is 398. The van der Waals surface area contributed by atoms with Gasteiger partial charge in [-0.2, -0.15) is 0 Å². The van der Waals surface area contributed by atoms with E-state index in [-0.39, 0.29) is 11.9 Å². The summed E-state index contributed by atoms with van der Waals surface area (Å²) in [7, 11) is 1.62. The van der Waals surface area contributed by atoms with Gasteiger partial charge in [0.15, 0.2) is 0 Å². The number of hydrogen-bond acceptors (Lipinski definition) is 3. The van der Waals surface area contributed by atoms with E-state index in [1.165, 1.54) is 0 Å². The predicted octanol–water partition coefficient (Wildman–Crippen LogP) is 2.89. The number of halogens is 1. The quantitative estimate of drug-likeness (QED) is 0.819. The number of carbonyl (C=O) groups is 1. The Balaban J connectivity index is 2.78. The van der Waals surface area contributed by atoms with Gasteiger partial charge >= 0.3 is 0 Å². The standard InChI is InChI=1S/C12H16BrNO2S/c1-3-8(7-16-2)14-12(15)10-6-9(17)4-5-11(10)13/h4-6,8,17H,3,7H2,1-2H3,(H,14,15). The van der Waals surface area contributed by atoms with Crippen LogP contribution in [0.1, 0.15) is 23.7 Å². The van der Waals surface area contributed by atoms with Gasteiger partial charge < -0.3 is 10.1 Å². The van der Waals surface area contributed by atoms with Gasteiger partial charge in [-0.3, -0.25) is 4.79 Å². The van der Waals surface area contributed by atoms with Crippen molar-refractivity contribution in [1.29, 1.82) is 0 Å². The highest BCUT2D eigenvalue weighted by Crippen LogP contribution is 2.20. The molecule has 3 nitrogen and oxygen atoms in total. The molecule has 1 unspecified atom stereocenters. The number of benzene rings is 1. The van der Waals surface area contributed by atoms with Crippen LogP contribution >= 0.6 is 28.6 Å². The number of carbonyl (C=O) groups excluding carboxylic acids is 1. The lowest BCUT2D eigenvalue weighted by Gasteiger charge is -2.16. The van der Waals surface area contributed by atoms with E-state index in [2.05, 4.69) is 33.9 Å². The fourth-order valence-electron chi connectivity index (χ4n) is 1.41. The molecule has 0 aliphatic heterocycles. The van der Waals surface area contributed by atoms with Crippen LogP contribution in [-0.4, -0.2) is 25.7 Å². The zero-order valence-electron chi connectivity index (χ0n) is 9.87. The van der Waals surface area contributed by atoms with Crippen LogP contribution in [0.2, 0.25) is 0 Å². The lowest BCUT2D eigenvalue weighted by Crippen LogP contribution is -2.37. The largest absolute Gasteiger partial charge is 0.383 e. The lowest BCUT2D eigenvalue weighted by atomic mass is 10.2. The molecule has 0 aliphatic rings. The van der Waals surface area contributed by atoms with Gasteiger partial charge in [0, 0.05) is 16.5 Å². The highest BCUT2D eigenvalue weighted by molar-refractivity contribution is 9.10. The van der Waals surface area contributed by atoms with Crippen LogP contribution in [-0.2, 0) is 4.74 Å². The number of thiol groups is 1. The van der Waals surface area contributed by atoms with Crippen molar-refractivity contribution in [1.82, 2.24) is 5.32 Å². The van der Waals surface area contributed by atoms with E-state index < -0.39 is 0 Å². The summed E-state index contributed by atoms with van der Waals surface area (Å²) in [6.45, 7) is 2.52. The maximum Gasteiger partial charge on any atom is 0.252 e. The molecule has 0 bridgehead atoms. The Morgan fingerprint density at radius 3 is 2.88 bits per heavy atom. The number of rotatable bonds is 5. The van der Waals surface area contributed by atoms with Crippen LogP contribution in [0, 0.1) is 0 Å². The van der Waals surface area contributed by atoms with Crippen LogP contribution in [0.15, 0.2) is 27.6 Å². The highest BCUT2D eigenvalue weighted by atomic mass is 79.9. The van der Waals surface area contributed by atoms with E-state index in [9.17, 15) is 4.79 Å². The van der Waals surface area contributed by atoms with Crippen molar-refractivity contribution in [2.45, 2.75) is 24.3 Å². The summed E-state index contributed by atoms with van der Waals surface area (Å²) in [4.78, 5) is 12.8. The first-order valence-corrected chi connectivity index (χ1v) is 6.60. The fourth-order valence-corrected chi connectivity index (χ4v) is 2.04. The molecule has 0 heterocycles. The maximum absolute atomic E-state index is 12.0. The number of ether oxygens (including phenoxy) is 1. The molecule has 0 fully saturated rings. The van der Waals surface area contributed by atoms with Gasteiger partial charge in [-0.05, 0) is 40.5 Å². The third-order valence-electron chi connectivity index (χ3n) is 2.39. The smallest absolute Gasteiger partial charge is 0.252 e. The summed E-state index contributed by atoms with van der Waals surface area (Å²) in [6.07, 6.45) is 0.831. The predicted molar refractivity (Wildman–Crippen MR) is 74.8 cm³/mol. The third kappa shape index (κ3) is 4.33. The third-order valence-corrected chi connectivity index (χ3v) is 3.36. The second-order valence-corrected chi connectivity index (χ2v) is 5.07. The molecular weight excluding hydrogens is 302 g/mol. The van der Waals surface area contributed by atoms with Gasteiger partial charge in [0.1, 0.15) is 0 Å². The van der Waals surface area contributed by atoms with Crippen molar-refractivity contribution >= 4 is 34.5 Å². The molecule has 1 rings (SSSR count). The van der Waals surface area contributed by atoms with Gasteiger partial charge in [0.05, 0.1) is 18.2 Å². The van der Waals surface area contributed by atoms with Crippen molar-refractivity contribution in [3.05, 3.63) is 28.2 Å². The zero-order chi connectivity index (χ0) is 12.8. The molecule has 1 aromatic carbocycles. The minimum atomic E-state index is -0.114. The summed E-state index contributed by atoms with van der Waals surface area (Å²) in [5.41, 5.74) is 0.590. The van der Waals surface area contributed by atoms with Gasteiger partial charge in [0.2, 0.25) is 0 Å². The van der Waals surface area contributed by atoms with Gasteiger partial charge in [-0.15, -0.1) is 12.6 Å². The molecule has 94 valence electrons. The van der Waals surface area contributed by atoms with Crippen LogP contribution in [0.25, 0.3) is 0 Å². The average Bonchev–Trinajstić information content (AvgIpc) is 2.31. The Labute approximate surface area is 115 Å². The first kappa shape index (κ1) is 14.5. The zero-order valence-corrected chi connectivity index (χ0v) is 12.3. The Kier molecular flexibility index (Phi) is 6.02. The minimum Gasteiger partial charge on any atom is -0.383 e. The van der Waals surface area contributed by atoms with E-state index in [1.807, 2.05) is 19.1 Å². The maximum atomic E-state index is 12.0. The van der Waals surface area contributed by atoms with Crippen LogP contribution in [0.3, 0.4) is 0 Å². The topological polar surface area (TPSA) is 38.3 Å². The summed E-state index contributed by atoms with van der Waals surface area (Å²) >= 11 is 7.58. The molecule has 1 N–H and O–H groups in total. The normalized spacial score (nSPS) is 12.2. The molecule has 5 heteroatoms. The van der Waals surface area contributed by atoms with E-state index >= 15 is 0 Å². The molecule has 1 amide bonds. The van der Waals surface area contributed by atoms with Crippen molar-refractivity contribution in [2.75, 3.05) is 13.7 Å². The summed E-state index contributed by atoms with van der Waals surface area (Å²) in [6, 6.07) is 5.41. The molecule has 0 saturated heterocycles. The number of methoxy groups -OCH3 is 1. The Hall–Kier alpha value is -0.520. The number of hydrogen-bond donors (Lipinski definition) is 2. The van der Waals surface area contributed by atoms with Crippen LogP contribution in [0.4, 0.5) is 0 Å². The summed E-state index contributed by atoms with van der Waals surface area (Å²) in [5.74, 6) is -0.114. The Morgan fingerprint density at radius 1 is 1.59 bits per heavy atom. The van der Waals surface area contributed by atoms with Crippen LogP contribution in [0.5, 0.6) is 0 Å². The first-order valence-electron chi connectivity index (χ1n) is 5.36. The van der Waals surface area contributed by atoms with Gasteiger partial charge in [0.25, 0.3) is 5.91 Å². The molecule has 1 atom stereocenters. The molecule has 0 spiro atoms. The van der Waals surface area contributed by atoms with Crippen molar-refractivity contribution < 1.29 is 9.53 Å². The monoisotopic (exact) mass is 317 g/mol. The van der Waals surface area contributed by atoms with Crippen molar-refractivity contribution in [3.8, 4) is 0 Å². The van der Waals surface area contributed by atoms with E-state index in [4.69, 9.17) is 4.74 Å². The summed E-state index contributed by atoms with van der Waals surface area (Å²) < 4.78 is 5.81. The second kappa shape index (κ2) is 7.03. The van der Waals surface area contributed by atoms with Gasteiger partial charge in [-0.1, -0.05) is 6.92 Å². The molecule has 0 aliphatic carbocycles. The second-order valence-electron chi connectivity index (χ2n) is 3.70. The highest BCUT2D eigenvalue weighted by Gasteiger charge is 2.14. The first-order chi connectivity index (χ1) is 8.08. The SMILES string of the molecule is CCC(COC)NC(=O)c1cc(S)ccc1Br. The molecular formula is C12H16BrNO2S. The van der Waals surface area contributed by atoms with Crippen molar-refractivity contribution in [3.63, 3.8) is 0 Å². The molecule has 0 saturated carbocycles. The number of amides is 1. The fraction of sp³-hybridized carbons (Fsp3) is 0.417. The van der Waals surface area contributed by atoms with Gasteiger partial charge in [-0.25, -0.2) is 0 Å². The average molecular weight is 318 g/mol. The number of nitrogens with one attached hydrogen (secondary N) is 1. The Morgan fingerprint density at radius 2 is 2.29 bits per heavy atom. The summed E-state index contributed by atoms with van der Waals surface area (Å²) in [5, 5.41) is 2.92. The minimum absolute atomic E-state index is 0.0305. The molecule has 0 aromatic heterocycles. The van der Waals surface area contributed by atoms with Crippen LogP contribution < -0.4 is 5.32 Å². The molecule has 17 heavy (non-hydrogen) atoms. The van der Waals surface area contributed by atoms with Crippen molar-refractivity contribution in [2.24, 2.45) is 0 Å². The molecule has 0 radical (unpaired) electrons. The molecule has 1 aromatic rings. The van der Waals surface area contributed by atoms with E-state index in [1.54, 1.807) is 13.2 Å².